The Bertz CT molecular complexity index is 276. The van der Waals surface area contributed by atoms with Gasteiger partial charge in [0.1, 0.15) is 6.10 Å². The molecule has 1 unspecified atom stereocenters. The van der Waals surface area contributed by atoms with Gasteiger partial charge >= 0.3 is 0 Å². The number of rotatable bonds is 4. The van der Waals surface area contributed by atoms with Crippen LogP contribution in [0, 0.1) is 11.8 Å². The molecule has 3 aliphatic rings. The normalized spacial score (nSPS) is 47.7. The highest BCUT2D eigenvalue weighted by molar-refractivity contribution is 5.19. The predicted molar refractivity (Wildman–Crippen MR) is 55.4 cm³/mol. The van der Waals surface area contributed by atoms with E-state index >= 15 is 0 Å². The largest absolute Gasteiger partial charge is 0.366 e. The number of hydrogen-bond donors (Lipinski definition) is 0. The first kappa shape index (κ1) is 9.82. The van der Waals surface area contributed by atoms with E-state index in [9.17, 15) is 0 Å². The van der Waals surface area contributed by atoms with Crippen molar-refractivity contribution >= 4 is 0 Å². The third kappa shape index (κ3) is 1.53. The lowest BCUT2D eigenvalue weighted by atomic mass is 9.97. The van der Waals surface area contributed by atoms with Gasteiger partial charge in [0, 0.05) is 18.4 Å². The van der Waals surface area contributed by atoms with Crippen molar-refractivity contribution in [2.24, 2.45) is 11.8 Å². The molecule has 1 saturated carbocycles. The zero-order chi connectivity index (χ0) is 10.4. The topological polar surface area (TPSA) is 31.0 Å². The molecule has 2 fully saturated rings. The molecule has 0 amide bonds. The smallest absolute Gasteiger partial charge is 0.155 e. The van der Waals surface area contributed by atoms with E-state index < -0.39 is 0 Å². The summed E-state index contributed by atoms with van der Waals surface area (Å²) in [4.78, 5) is 0. The number of ether oxygens (including phenoxy) is 3. The Morgan fingerprint density at radius 1 is 1.47 bits per heavy atom. The second-order valence-electron chi connectivity index (χ2n) is 4.59. The van der Waals surface area contributed by atoms with Gasteiger partial charge in [0.15, 0.2) is 6.29 Å². The van der Waals surface area contributed by atoms with Crippen LogP contribution in [0.2, 0.25) is 0 Å². The monoisotopic (exact) mass is 210 g/mol. The highest BCUT2D eigenvalue weighted by Crippen LogP contribution is 2.53. The van der Waals surface area contributed by atoms with E-state index in [0.29, 0.717) is 30.7 Å². The molecule has 84 valence electrons. The van der Waals surface area contributed by atoms with Gasteiger partial charge in [-0.1, -0.05) is 12.2 Å². The van der Waals surface area contributed by atoms with Gasteiger partial charge in [0.2, 0.25) is 0 Å². The molecule has 0 spiro atoms. The van der Waals surface area contributed by atoms with Crippen LogP contribution in [-0.4, -0.2) is 31.2 Å². The number of hydrogen-bond acceptors (Lipinski definition) is 3. The Labute approximate surface area is 90.4 Å². The Morgan fingerprint density at radius 2 is 2.33 bits per heavy atom. The molecule has 0 aromatic heterocycles. The van der Waals surface area contributed by atoms with Gasteiger partial charge in [-0.2, -0.15) is 0 Å². The van der Waals surface area contributed by atoms with Crippen LogP contribution in [0.4, 0.5) is 0 Å². The molecule has 15 heavy (non-hydrogen) atoms. The molecule has 0 aromatic carbocycles. The number of fused-ring (bicyclic) bond motifs is 3. The molecule has 1 saturated heterocycles. The van der Waals surface area contributed by atoms with Gasteiger partial charge in [-0.25, -0.2) is 0 Å². The summed E-state index contributed by atoms with van der Waals surface area (Å²) in [6, 6.07) is 0. The van der Waals surface area contributed by atoms with Crippen molar-refractivity contribution in [2.45, 2.75) is 44.9 Å². The van der Waals surface area contributed by atoms with E-state index in [1.54, 1.807) is 0 Å². The Balaban J connectivity index is 1.63. The van der Waals surface area contributed by atoms with Crippen molar-refractivity contribution in [3.8, 4) is 0 Å². The SMILES string of the molecule is CCOC(C)O[C@H]1[C@@H]2C=CC[C@@H]2[C@H]2O[C@H]21. The second kappa shape index (κ2) is 3.58. The molecule has 0 N–H and O–H groups in total. The maximum Gasteiger partial charge on any atom is 0.155 e. The Kier molecular flexibility index (Phi) is 2.34. The van der Waals surface area contributed by atoms with Gasteiger partial charge in [-0.15, -0.1) is 0 Å². The fourth-order valence-corrected chi connectivity index (χ4v) is 3.03. The third-order valence-corrected chi connectivity index (χ3v) is 3.70. The van der Waals surface area contributed by atoms with E-state index in [1.807, 2.05) is 13.8 Å². The third-order valence-electron chi connectivity index (χ3n) is 3.70. The molecule has 0 radical (unpaired) electrons. The summed E-state index contributed by atoms with van der Waals surface area (Å²) in [6.45, 7) is 4.66. The number of epoxide rings is 1. The van der Waals surface area contributed by atoms with Crippen LogP contribution >= 0.6 is 0 Å². The van der Waals surface area contributed by atoms with Crippen molar-refractivity contribution in [2.75, 3.05) is 6.61 Å². The zero-order valence-corrected chi connectivity index (χ0v) is 9.26. The summed E-state index contributed by atoms with van der Waals surface area (Å²) in [5.41, 5.74) is 0. The molecule has 6 atom stereocenters. The van der Waals surface area contributed by atoms with Gasteiger partial charge in [0.25, 0.3) is 0 Å². The molecule has 0 bridgehead atoms. The maximum absolute atomic E-state index is 5.92. The molecular weight excluding hydrogens is 192 g/mol. The average Bonchev–Trinajstić information content (AvgIpc) is 2.72. The standard InChI is InChI=1S/C12H18O3/c1-3-13-7(2)14-10-8-5-4-6-9(8)11-12(10)15-11/h4-5,7-12H,3,6H2,1-2H3/t7?,8-,9+,10+,11-,12+/m1/s1. The summed E-state index contributed by atoms with van der Waals surface area (Å²) < 4.78 is 17.0. The van der Waals surface area contributed by atoms with Crippen molar-refractivity contribution in [1.82, 2.24) is 0 Å². The van der Waals surface area contributed by atoms with Crippen LogP contribution in [0.15, 0.2) is 12.2 Å². The van der Waals surface area contributed by atoms with Crippen LogP contribution < -0.4 is 0 Å². The minimum absolute atomic E-state index is 0.113. The first-order valence-corrected chi connectivity index (χ1v) is 5.90. The van der Waals surface area contributed by atoms with Gasteiger partial charge < -0.3 is 14.2 Å². The molecule has 0 aromatic rings. The molecule has 1 aliphatic heterocycles. The van der Waals surface area contributed by atoms with Crippen molar-refractivity contribution in [1.29, 1.82) is 0 Å². The fourth-order valence-electron chi connectivity index (χ4n) is 3.03. The van der Waals surface area contributed by atoms with Gasteiger partial charge in [0.05, 0.1) is 12.2 Å². The number of allylic oxidation sites excluding steroid dienone is 1. The summed E-state index contributed by atoms with van der Waals surface area (Å²) in [6.07, 6.45) is 6.63. The molecule has 3 rings (SSSR count). The average molecular weight is 210 g/mol. The Morgan fingerprint density at radius 3 is 3.13 bits per heavy atom. The summed E-state index contributed by atoms with van der Waals surface area (Å²) in [5.74, 6) is 1.24. The van der Waals surface area contributed by atoms with E-state index in [0.717, 1.165) is 6.42 Å². The van der Waals surface area contributed by atoms with Crippen molar-refractivity contribution in [3.63, 3.8) is 0 Å². The van der Waals surface area contributed by atoms with Crippen LogP contribution in [0.3, 0.4) is 0 Å². The lowest BCUT2D eigenvalue weighted by Crippen LogP contribution is -2.30. The van der Waals surface area contributed by atoms with Crippen LogP contribution in [0.25, 0.3) is 0 Å². The minimum Gasteiger partial charge on any atom is -0.366 e. The first-order chi connectivity index (χ1) is 7.31. The molecule has 3 heteroatoms. The molecule has 3 nitrogen and oxygen atoms in total. The summed E-state index contributed by atoms with van der Waals surface area (Å²) >= 11 is 0. The quantitative estimate of drug-likeness (QED) is 0.402. The summed E-state index contributed by atoms with van der Waals surface area (Å²) in [7, 11) is 0. The van der Waals surface area contributed by atoms with E-state index in [-0.39, 0.29) is 12.4 Å². The fraction of sp³-hybridized carbons (Fsp3) is 0.833. The molecule has 2 aliphatic carbocycles. The molecular formula is C12H18O3. The van der Waals surface area contributed by atoms with Crippen molar-refractivity contribution < 1.29 is 14.2 Å². The predicted octanol–water partition coefficient (Wildman–Crippen LogP) is 1.73. The van der Waals surface area contributed by atoms with Crippen LogP contribution in [0.1, 0.15) is 20.3 Å². The van der Waals surface area contributed by atoms with Crippen molar-refractivity contribution in [3.05, 3.63) is 12.2 Å². The lowest BCUT2D eigenvalue weighted by Gasteiger charge is -2.24. The second-order valence-corrected chi connectivity index (χ2v) is 4.59. The van der Waals surface area contributed by atoms with E-state index in [4.69, 9.17) is 14.2 Å². The Hall–Kier alpha value is -0.380. The van der Waals surface area contributed by atoms with Gasteiger partial charge in [-0.3, -0.25) is 0 Å². The van der Waals surface area contributed by atoms with Gasteiger partial charge in [-0.05, 0) is 20.3 Å². The minimum atomic E-state index is -0.113. The van der Waals surface area contributed by atoms with E-state index in [2.05, 4.69) is 12.2 Å². The highest BCUT2D eigenvalue weighted by atomic mass is 16.7. The zero-order valence-electron chi connectivity index (χ0n) is 9.26. The first-order valence-electron chi connectivity index (χ1n) is 5.90. The molecule has 1 heterocycles. The lowest BCUT2D eigenvalue weighted by molar-refractivity contribution is -0.171. The summed E-state index contributed by atoms with van der Waals surface area (Å²) in [5, 5.41) is 0. The highest BCUT2D eigenvalue weighted by Gasteiger charge is 2.62. The maximum atomic E-state index is 5.92. The van der Waals surface area contributed by atoms with E-state index in [1.165, 1.54) is 0 Å². The van der Waals surface area contributed by atoms with Crippen LogP contribution in [0.5, 0.6) is 0 Å². The van der Waals surface area contributed by atoms with Crippen LogP contribution in [-0.2, 0) is 14.2 Å².